The van der Waals surface area contributed by atoms with Gasteiger partial charge in [-0.25, -0.2) is 0 Å². The molecule has 1 heterocycles. The minimum absolute atomic E-state index is 0.341. The molecule has 0 aromatic rings. The van der Waals surface area contributed by atoms with Gasteiger partial charge in [0.25, 0.3) is 0 Å². The van der Waals surface area contributed by atoms with Gasteiger partial charge in [0.15, 0.2) is 0 Å². The first kappa shape index (κ1) is 7.35. The minimum atomic E-state index is 0.341. The summed E-state index contributed by atoms with van der Waals surface area (Å²) < 4.78 is 10.2. The summed E-state index contributed by atoms with van der Waals surface area (Å²) in [5, 5.41) is 0. The molecule has 0 aromatic carbocycles. The van der Waals surface area contributed by atoms with Crippen LogP contribution in [-0.2, 0) is 9.47 Å². The minimum Gasteiger partial charge on any atom is -0.495 e. The molecule has 1 saturated heterocycles. The molecule has 1 unspecified atom stereocenters. The number of epoxide rings is 1. The van der Waals surface area contributed by atoms with Crippen LogP contribution in [0.3, 0.4) is 0 Å². The highest BCUT2D eigenvalue weighted by atomic mass is 16.6. The fraction of sp³-hybridized carbons (Fsp3) is 0.500. The molecule has 0 amide bonds. The number of hydrogen-bond acceptors (Lipinski definition) is 2. The van der Waals surface area contributed by atoms with Gasteiger partial charge < -0.3 is 9.47 Å². The molecule has 56 valence electrons. The smallest absolute Gasteiger partial charge is 0.116 e. The fourth-order valence-corrected chi connectivity index (χ4v) is 0.603. The van der Waals surface area contributed by atoms with E-state index in [0.717, 1.165) is 12.4 Å². The van der Waals surface area contributed by atoms with E-state index in [1.54, 1.807) is 6.08 Å². The lowest BCUT2D eigenvalue weighted by atomic mass is 10.4. The fourth-order valence-electron chi connectivity index (χ4n) is 0.603. The van der Waals surface area contributed by atoms with Gasteiger partial charge >= 0.3 is 0 Å². The van der Waals surface area contributed by atoms with E-state index in [0.29, 0.717) is 12.7 Å². The number of hydrogen-bond donors (Lipinski definition) is 0. The van der Waals surface area contributed by atoms with Crippen LogP contribution in [0, 0.1) is 0 Å². The van der Waals surface area contributed by atoms with Crippen molar-refractivity contribution in [1.82, 2.24) is 0 Å². The zero-order chi connectivity index (χ0) is 7.40. The maximum absolute atomic E-state index is 5.27. The Labute approximate surface area is 61.1 Å². The second-order valence-electron chi connectivity index (χ2n) is 2.28. The van der Waals surface area contributed by atoms with Crippen molar-refractivity contribution < 1.29 is 9.47 Å². The van der Waals surface area contributed by atoms with Crippen LogP contribution in [-0.4, -0.2) is 19.3 Å². The van der Waals surface area contributed by atoms with Gasteiger partial charge in [-0.1, -0.05) is 12.7 Å². The highest BCUT2D eigenvalue weighted by Gasteiger charge is 2.22. The van der Waals surface area contributed by atoms with Gasteiger partial charge in [-0.15, -0.1) is 0 Å². The quantitative estimate of drug-likeness (QED) is 0.335. The second kappa shape index (κ2) is 3.42. The van der Waals surface area contributed by atoms with Gasteiger partial charge in [-0.3, -0.25) is 0 Å². The van der Waals surface area contributed by atoms with Crippen LogP contribution in [0.1, 0.15) is 6.92 Å². The molecule has 0 aromatic heterocycles. The van der Waals surface area contributed by atoms with Crippen molar-refractivity contribution in [3.63, 3.8) is 0 Å². The molecule has 1 rings (SSSR count). The van der Waals surface area contributed by atoms with Gasteiger partial charge in [-0.2, -0.15) is 0 Å². The van der Waals surface area contributed by atoms with Gasteiger partial charge in [0.2, 0.25) is 0 Å². The van der Waals surface area contributed by atoms with Gasteiger partial charge in [0, 0.05) is 0 Å². The molecule has 0 saturated carbocycles. The summed E-state index contributed by atoms with van der Waals surface area (Å²) in [6.45, 7) is 6.99. The average molecular weight is 140 g/mol. The molecule has 0 bridgehead atoms. The zero-order valence-electron chi connectivity index (χ0n) is 6.17. The molecule has 0 spiro atoms. The van der Waals surface area contributed by atoms with Crippen LogP contribution < -0.4 is 0 Å². The number of rotatable bonds is 4. The van der Waals surface area contributed by atoms with Gasteiger partial charge in [-0.05, 0) is 13.0 Å². The molecule has 0 N–H and O–H groups in total. The molecule has 0 radical (unpaired) electrons. The Morgan fingerprint density at radius 1 is 1.90 bits per heavy atom. The Hall–Kier alpha value is -0.760. The molecular weight excluding hydrogens is 128 g/mol. The van der Waals surface area contributed by atoms with Crippen molar-refractivity contribution in [1.29, 1.82) is 0 Å². The summed E-state index contributed by atoms with van der Waals surface area (Å²) in [7, 11) is 0. The molecule has 10 heavy (non-hydrogen) atoms. The van der Waals surface area contributed by atoms with Crippen LogP contribution in [0.15, 0.2) is 24.5 Å². The van der Waals surface area contributed by atoms with Crippen LogP contribution in [0.2, 0.25) is 0 Å². The van der Waals surface area contributed by atoms with Crippen LogP contribution in [0.25, 0.3) is 0 Å². The molecule has 0 aliphatic carbocycles. The van der Waals surface area contributed by atoms with E-state index < -0.39 is 0 Å². The Kier molecular flexibility index (Phi) is 2.51. The van der Waals surface area contributed by atoms with E-state index in [1.165, 1.54) is 0 Å². The first-order valence-electron chi connectivity index (χ1n) is 3.36. The third kappa shape index (κ3) is 2.69. The normalized spacial score (nSPS) is 24.1. The molecule has 2 nitrogen and oxygen atoms in total. The first-order valence-corrected chi connectivity index (χ1v) is 3.36. The SMILES string of the molecule is C=C/C=C(\C)OCC1CO1. The third-order valence-corrected chi connectivity index (χ3v) is 1.25. The van der Waals surface area contributed by atoms with Crippen molar-refractivity contribution in [2.24, 2.45) is 0 Å². The summed E-state index contributed by atoms with van der Waals surface area (Å²) in [4.78, 5) is 0. The van der Waals surface area contributed by atoms with Crippen molar-refractivity contribution in [3.05, 3.63) is 24.5 Å². The van der Waals surface area contributed by atoms with Crippen molar-refractivity contribution in [2.75, 3.05) is 13.2 Å². The Bertz CT molecular complexity index is 145. The summed E-state index contributed by atoms with van der Waals surface area (Å²) in [6.07, 6.45) is 3.89. The largest absolute Gasteiger partial charge is 0.495 e. The molecular formula is C8H12O2. The summed E-state index contributed by atoms with van der Waals surface area (Å²) in [5.74, 6) is 0.894. The standard InChI is InChI=1S/C8H12O2/c1-3-4-7(2)9-5-8-6-10-8/h3-4,8H,1,5-6H2,2H3/b7-4+. The molecule has 1 fully saturated rings. The summed E-state index contributed by atoms with van der Waals surface area (Å²) >= 11 is 0. The lowest BCUT2D eigenvalue weighted by Crippen LogP contribution is -1.98. The maximum Gasteiger partial charge on any atom is 0.116 e. The second-order valence-corrected chi connectivity index (χ2v) is 2.28. The highest BCUT2D eigenvalue weighted by Crippen LogP contribution is 2.10. The van der Waals surface area contributed by atoms with Gasteiger partial charge in [0.05, 0.1) is 12.4 Å². The van der Waals surface area contributed by atoms with Crippen LogP contribution in [0.4, 0.5) is 0 Å². The van der Waals surface area contributed by atoms with E-state index in [4.69, 9.17) is 9.47 Å². The Morgan fingerprint density at radius 3 is 3.10 bits per heavy atom. The molecule has 2 heteroatoms. The predicted octanol–water partition coefficient (Wildman–Crippen LogP) is 1.49. The lowest BCUT2D eigenvalue weighted by molar-refractivity contribution is 0.185. The average Bonchev–Trinajstić information content (AvgIpc) is 2.67. The van der Waals surface area contributed by atoms with Crippen molar-refractivity contribution in [2.45, 2.75) is 13.0 Å². The van der Waals surface area contributed by atoms with Crippen molar-refractivity contribution in [3.8, 4) is 0 Å². The Morgan fingerprint density at radius 2 is 2.60 bits per heavy atom. The summed E-state index contributed by atoms with van der Waals surface area (Å²) in [5.41, 5.74) is 0. The van der Waals surface area contributed by atoms with E-state index in [1.807, 2.05) is 13.0 Å². The molecule has 1 aliphatic rings. The zero-order valence-corrected chi connectivity index (χ0v) is 6.17. The topological polar surface area (TPSA) is 21.8 Å². The monoisotopic (exact) mass is 140 g/mol. The van der Waals surface area contributed by atoms with E-state index in [-0.39, 0.29) is 0 Å². The van der Waals surface area contributed by atoms with Crippen LogP contribution in [0.5, 0.6) is 0 Å². The molecule has 1 aliphatic heterocycles. The lowest BCUT2D eigenvalue weighted by Gasteiger charge is -2.01. The van der Waals surface area contributed by atoms with Gasteiger partial charge in [0.1, 0.15) is 12.7 Å². The van der Waals surface area contributed by atoms with E-state index in [9.17, 15) is 0 Å². The Balaban J connectivity index is 2.10. The number of allylic oxidation sites excluding steroid dienone is 3. The highest BCUT2D eigenvalue weighted by molar-refractivity contribution is 5.01. The first-order chi connectivity index (χ1) is 4.83. The number of ether oxygens (including phenoxy) is 2. The van der Waals surface area contributed by atoms with Crippen LogP contribution >= 0.6 is 0 Å². The van der Waals surface area contributed by atoms with E-state index in [2.05, 4.69) is 6.58 Å². The van der Waals surface area contributed by atoms with Crippen molar-refractivity contribution >= 4 is 0 Å². The predicted molar refractivity (Wildman–Crippen MR) is 39.6 cm³/mol. The third-order valence-electron chi connectivity index (χ3n) is 1.25. The van der Waals surface area contributed by atoms with E-state index >= 15 is 0 Å². The molecule has 1 atom stereocenters. The summed E-state index contributed by atoms with van der Waals surface area (Å²) in [6, 6.07) is 0. The maximum atomic E-state index is 5.27.